The molecule has 2 rings (SSSR count). The van der Waals surface area contributed by atoms with E-state index in [0.29, 0.717) is 13.0 Å². The summed E-state index contributed by atoms with van der Waals surface area (Å²) in [6.45, 7) is 0.775. The van der Waals surface area contributed by atoms with Crippen LogP contribution in [0.3, 0.4) is 0 Å². The van der Waals surface area contributed by atoms with Gasteiger partial charge in [0, 0.05) is 13.1 Å². The molecule has 0 saturated carbocycles. The Labute approximate surface area is 116 Å². The molecule has 0 bridgehead atoms. The first-order valence-electron chi connectivity index (χ1n) is 6.46. The first kappa shape index (κ1) is 14.3. The Morgan fingerprint density at radius 2 is 2.15 bits per heavy atom. The lowest BCUT2D eigenvalue weighted by Crippen LogP contribution is -2.30. The number of benzene rings is 1. The number of hydrogen-bond donors (Lipinski definition) is 1. The molecule has 1 amide bonds. The Hall–Kier alpha value is -2.11. The Balaban J connectivity index is 1.76. The van der Waals surface area contributed by atoms with Gasteiger partial charge in [0.1, 0.15) is 0 Å². The lowest BCUT2D eigenvalue weighted by atomic mass is 10.1. The zero-order chi connectivity index (χ0) is 14.5. The fourth-order valence-corrected chi connectivity index (χ4v) is 2.16. The number of para-hydroxylation sites is 1. The number of amides is 1. The van der Waals surface area contributed by atoms with E-state index in [1.54, 1.807) is 12.1 Å². The minimum atomic E-state index is -0.872. The van der Waals surface area contributed by atoms with Crippen LogP contribution in [0.2, 0.25) is 0 Å². The van der Waals surface area contributed by atoms with Crippen molar-refractivity contribution in [1.82, 2.24) is 4.90 Å². The highest BCUT2D eigenvalue weighted by molar-refractivity contribution is 5.78. The highest BCUT2D eigenvalue weighted by Crippen LogP contribution is 2.18. The maximum atomic E-state index is 13.3. The van der Waals surface area contributed by atoms with Gasteiger partial charge in [-0.1, -0.05) is 12.1 Å². The minimum Gasteiger partial charge on any atom is -0.490 e. The summed E-state index contributed by atoms with van der Waals surface area (Å²) in [4.78, 5) is 24.2. The Bertz CT molecular complexity index is 506. The number of rotatable bonds is 5. The van der Waals surface area contributed by atoms with Crippen molar-refractivity contribution in [2.75, 3.05) is 19.7 Å². The highest BCUT2D eigenvalue weighted by atomic mass is 19.1. The second kappa shape index (κ2) is 6.36. The van der Waals surface area contributed by atoms with Crippen LogP contribution in [0.25, 0.3) is 0 Å². The summed E-state index contributed by atoms with van der Waals surface area (Å²) < 4.78 is 18.5. The van der Waals surface area contributed by atoms with Crippen LogP contribution >= 0.6 is 0 Å². The van der Waals surface area contributed by atoms with Crippen LogP contribution in [-0.4, -0.2) is 41.6 Å². The standard InChI is InChI=1S/C14H16FNO4/c15-11-3-1-2-4-12(11)20-8-6-13(17)16-7-5-10(9-16)14(18)19/h1-4,10H,5-9H2,(H,18,19)/t10-/m0/s1. The maximum absolute atomic E-state index is 13.3. The molecule has 0 aliphatic carbocycles. The summed E-state index contributed by atoms with van der Waals surface area (Å²) in [5.74, 6) is -1.86. The minimum absolute atomic E-state index is 0.0774. The molecule has 6 heteroatoms. The summed E-state index contributed by atoms with van der Waals surface area (Å²) in [6, 6.07) is 5.99. The van der Waals surface area contributed by atoms with Crippen LogP contribution in [0, 0.1) is 11.7 Å². The number of carbonyl (C=O) groups excluding carboxylic acids is 1. The number of carboxylic acids is 1. The molecule has 0 unspecified atom stereocenters. The van der Waals surface area contributed by atoms with Gasteiger partial charge in [0.2, 0.25) is 5.91 Å². The molecule has 5 nitrogen and oxygen atoms in total. The van der Waals surface area contributed by atoms with Crippen molar-refractivity contribution in [1.29, 1.82) is 0 Å². The molecule has 1 aromatic rings. The molecular weight excluding hydrogens is 265 g/mol. The maximum Gasteiger partial charge on any atom is 0.308 e. The van der Waals surface area contributed by atoms with Crippen molar-refractivity contribution in [2.45, 2.75) is 12.8 Å². The van der Waals surface area contributed by atoms with Crippen LogP contribution in [0.1, 0.15) is 12.8 Å². The van der Waals surface area contributed by atoms with Crippen molar-refractivity contribution < 1.29 is 23.8 Å². The molecule has 0 radical (unpaired) electrons. The molecule has 0 aromatic heterocycles. The first-order valence-corrected chi connectivity index (χ1v) is 6.46. The van der Waals surface area contributed by atoms with Gasteiger partial charge in [-0.3, -0.25) is 9.59 Å². The van der Waals surface area contributed by atoms with E-state index in [1.807, 2.05) is 0 Å². The van der Waals surface area contributed by atoms with Crippen LogP contribution in [0.5, 0.6) is 5.75 Å². The third kappa shape index (κ3) is 3.46. The molecule has 1 heterocycles. The van der Waals surface area contributed by atoms with Crippen LogP contribution < -0.4 is 4.74 Å². The normalized spacial score (nSPS) is 18.1. The molecule has 1 aromatic carbocycles. The zero-order valence-corrected chi connectivity index (χ0v) is 10.9. The average Bonchev–Trinajstić information content (AvgIpc) is 2.91. The summed E-state index contributed by atoms with van der Waals surface area (Å²) >= 11 is 0. The fraction of sp³-hybridized carbons (Fsp3) is 0.429. The molecule has 1 atom stereocenters. The third-order valence-corrected chi connectivity index (χ3v) is 3.30. The fourth-order valence-electron chi connectivity index (χ4n) is 2.16. The number of likely N-dealkylation sites (tertiary alicyclic amines) is 1. The molecule has 108 valence electrons. The van der Waals surface area contributed by atoms with E-state index >= 15 is 0 Å². The van der Waals surface area contributed by atoms with E-state index in [1.165, 1.54) is 17.0 Å². The summed E-state index contributed by atoms with van der Waals surface area (Å²) in [6.07, 6.45) is 0.593. The predicted octanol–water partition coefficient (Wildman–Crippen LogP) is 1.53. The van der Waals surface area contributed by atoms with E-state index in [9.17, 15) is 14.0 Å². The third-order valence-electron chi connectivity index (χ3n) is 3.30. The smallest absolute Gasteiger partial charge is 0.308 e. The predicted molar refractivity (Wildman–Crippen MR) is 68.8 cm³/mol. The van der Waals surface area contributed by atoms with Gasteiger partial charge in [-0.2, -0.15) is 0 Å². The monoisotopic (exact) mass is 281 g/mol. The van der Waals surface area contributed by atoms with Crippen molar-refractivity contribution >= 4 is 11.9 Å². The zero-order valence-electron chi connectivity index (χ0n) is 10.9. The van der Waals surface area contributed by atoms with Gasteiger partial charge >= 0.3 is 5.97 Å². The van der Waals surface area contributed by atoms with Crippen LogP contribution in [-0.2, 0) is 9.59 Å². The van der Waals surface area contributed by atoms with E-state index in [2.05, 4.69) is 0 Å². The SMILES string of the molecule is O=C(O)[C@H]1CCN(C(=O)CCOc2ccccc2F)C1. The van der Waals surface area contributed by atoms with Crippen LogP contribution in [0.4, 0.5) is 4.39 Å². The van der Waals surface area contributed by atoms with Gasteiger partial charge in [-0.05, 0) is 18.6 Å². The van der Waals surface area contributed by atoms with Crippen molar-refractivity contribution in [3.63, 3.8) is 0 Å². The second-order valence-corrected chi connectivity index (χ2v) is 4.69. The van der Waals surface area contributed by atoms with Crippen molar-refractivity contribution in [3.05, 3.63) is 30.1 Å². The Morgan fingerprint density at radius 3 is 2.80 bits per heavy atom. The van der Waals surface area contributed by atoms with E-state index in [0.717, 1.165) is 0 Å². The van der Waals surface area contributed by atoms with Gasteiger partial charge < -0.3 is 14.7 Å². The Morgan fingerprint density at radius 1 is 1.40 bits per heavy atom. The lowest BCUT2D eigenvalue weighted by Gasteiger charge is -2.16. The van der Waals surface area contributed by atoms with E-state index < -0.39 is 17.7 Å². The summed E-state index contributed by atoms with van der Waals surface area (Å²) in [7, 11) is 0. The number of aliphatic carboxylic acids is 1. The van der Waals surface area contributed by atoms with Crippen LogP contribution in [0.15, 0.2) is 24.3 Å². The van der Waals surface area contributed by atoms with Gasteiger partial charge in [0.05, 0.1) is 18.9 Å². The summed E-state index contributed by atoms with van der Waals surface area (Å²) in [5, 5.41) is 8.86. The summed E-state index contributed by atoms with van der Waals surface area (Å²) in [5.41, 5.74) is 0. The molecule has 1 N–H and O–H groups in total. The number of ether oxygens (including phenoxy) is 1. The number of hydrogen-bond acceptors (Lipinski definition) is 3. The molecule has 1 fully saturated rings. The average molecular weight is 281 g/mol. The molecule has 1 aliphatic heterocycles. The quantitative estimate of drug-likeness (QED) is 0.888. The van der Waals surface area contributed by atoms with Gasteiger partial charge in [0.15, 0.2) is 11.6 Å². The van der Waals surface area contributed by atoms with Crippen molar-refractivity contribution in [2.24, 2.45) is 5.92 Å². The molecule has 20 heavy (non-hydrogen) atoms. The molecule has 1 saturated heterocycles. The largest absolute Gasteiger partial charge is 0.490 e. The van der Waals surface area contributed by atoms with E-state index in [-0.39, 0.29) is 31.2 Å². The second-order valence-electron chi connectivity index (χ2n) is 4.69. The van der Waals surface area contributed by atoms with E-state index in [4.69, 9.17) is 9.84 Å². The number of carbonyl (C=O) groups is 2. The lowest BCUT2D eigenvalue weighted by molar-refractivity contribution is -0.141. The molecule has 1 aliphatic rings. The molecule has 0 spiro atoms. The number of halogens is 1. The van der Waals surface area contributed by atoms with Crippen molar-refractivity contribution in [3.8, 4) is 5.75 Å². The molecular formula is C14H16FNO4. The van der Waals surface area contributed by atoms with Gasteiger partial charge in [-0.25, -0.2) is 4.39 Å². The topological polar surface area (TPSA) is 66.8 Å². The highest BCUT2D eigenvalue weighted by Gasteiger charge is 2.30. The number of nitrogens with zero attached hydrogens (tertiary/aromatic N) is 1. The number of carboxylic acid groups (broad SMARTS) is 1. The van der Waals surface area contributed by atoms with Gasteiger partial charge in [-0.15, -0.1) is 0 Å². The Kier molecular flexibility index (Phi) is 4.55. The van der Waals surface area contributed by atoms with Gasteiger partial charge in [0.25, 0.3) is 0 Å². The first-order chi connectivity index (χ1) is 9.58.